The van der Waals surface area contributed by atoms with Crippen LogP contribution in [0.2, 0.25) is 0 Å². The van der Waals surface area contributed by atoms with E-state index in [9.17, 15) is 4.79 Å². The van der Waals surface area contributed by atoms with Crippen molar-refractivity contribution in [1.82, 2.24) is 14.5 Å². The van der Waals surface area contributed by atoms with E-state index in [0.29, 0.717) is 5.92 Å². The zero-order chi connectivity index (χ0) is 17.3. The Morgan fingerprint density at radius 3 is 2.83 bits per heavy atom. The summed E-state index contributed by atoms with van der Waals surface area (Å²) in [5.74, 6) is 0.342. The van der Waals surface area contributed by atoms with Crippen LogP contribution in [0.5, 0.6) is 0 Å². The van der Waals surface area contributed by atoms with Crippen molar-refractivity contribution in [3.05, 3.63) is 34.5 Å². The molecule has 0 aliphatic carbocycles. The van der Waals surface area contributed by atoms with E-state index < -0.39 is 0 Å². The molecule has 0 saturated carbocycles. The number of aryl methyl sites for hydroxylation is 1. The number of piperidine rings is 1. The number of anilines is 1. The van der Waals surface area contributed by atoms with E-state index in [2.05, 4.69) is 41.0 Å². The van der Waals surface area contributed by atoms with Crippen molar-refractivity contribution in [2.75, 3.05) is 18.4 Å². The van der Waals surface area contributed by atoms with Gasteiger partial charge in [-0.3, -0.25) is 0 Å². The largest absolute Gasteiger partial charge is 0.329 e. The number of carbonyl (C=O) groups excluding carboxylic acids is 1. The van der Waals surface area contributed by atoms with Crippen LogP contribution in [-0.2, 0) is 5.54 Å². The molecule has 1 aliphatic heterocycles. The zero-order valence-electron chi connectivity index (χ0n) is 14.9. The van der Waals surface area contributed by atoms with Crippen LogP contribution in [0, 0.1) is 6.92 Å². The number of nitrogens with zero attached hydrogens (tertiary/aromatic N) is 3. The summed E-state index contributed by atoms with van der Waals surface area (Å²) in [7, 11) is 0. The Morgan fingerprint density at radius 2 is 2.17 bits per heavy atom. The van der Waals surface area contributed by atoms with Gasteiger partial charge in [-0.2, -0.15) is 0 Å². The van der Waals surface area contributed by atoms with Crippen molar-refractivity contribution in [3.63, 3.8) is 0 Å². The van der Waals surface area contributed by atoms with Crippen LogP contribution < -0.4 is 5.32 Å². The Hall–Kier alpha value is -1.82. The summed E-state index contributed by atoms with van der Waals surface area (Å²) in [5.41, 5.74) is 3.27. The van der Waals surface area contributed by atoms with Crippen molar-refractivity contribution < 1.29 is 4.79 Å². The van der Waals surface area contributed by atoms with Crippen molar-refractivity contribution in [2.45, 2.75) is 52.0 Å². The third-order valence-electron chi connectivity index (χ3n) is 4.61. The van der Waals surface area contributed by atoms with Gasteiger partial charge in [0.05, 0.1) is 12.0 Å². The third kappa shape index (κ3) is 3.48. The van der Waals surface area contributed by atoms with Gasteiger partial charge in [0.15, 0.2) is 0 Å². The second-order valence-corrected chi connectivity index (χ2v) is 8.29. The van der Waals surface area contributed by atoms with E-state index in [1.54, 1.807) is 11.3 Å². The number of likely N-dealkylation sites (tertiary alicyclic amines) is 1. The van der Waals surface area contributed by atoms with Crippen LogP contribution in [0.4, 0.5) is 10.5 Å². The van der Waals surface area contributed by atoms with Crippen LogP contribution in [0.25, 0.3) is 0 Å². The molecule has 6 heteroatoms. The summed E-state index contributed by atoms with van der Waals surface area (Å²) in [6, 6.07) is 0.00280. The summed E-state index contributed by atoms with van der Waals surface area (Å²) < 4.78 is 2.24. The predicted molar refractivity (Wildman–Crippen MR) is 98.8 cm³/mol. The van der Waals surface area contributed by atoms with Crippen molar-refractivity contribution in [1.29, 1.82) is 0 Å². The maximum absolute atomic E-state index is 12.6. The van der Waals surface area contributed by atoms with Crippen LogP contribution in [0.15, 0.2) is 23.3 Å². The van der Waals surface area contributed by atoms with Gasteiger partial charge in [0, 0.05) is 41.8 Å². The number of thiophene rings is 1. The molecule has 1 atom stereocenters. The van der Waals surface area contributed by atoms with Gasteiger partial charge in [0.2, 0.25) is 0 Å². The van der Waals surface area contributed by atoms with Gasteiger partial charge in [0.25, 0.3) is 0 Å². The molecule has 2 aromatic rings. The van der Waals surface area contributed by atoms with Crippen LogP contribution in [0.3, 0.4) is 0 Å². The molecule has 1 fully saturated rings. The average molecular weight is 347 g/mol. The van der Waals surface area contributed by atoms with Crippen LogP contribution in [0.1, 0.15) is 50.8 Å². The van der Waals surface area contributed by atoms with Gasteiger partial charge < -0.3 is 14.8 Å². The molecule has 0 bridgehead atoms. The molecule has 3 heterocycles. The lowest BCUT2D eigenvalue weighted by atomic mass is 9.94. The quantitative estimate of drug-likeness (QED) is 0.875. The molecule has 0 spiro atoms. The maximum atomic E-state index is 12.6. The molecule has 1 saturated heterocycles. The second-order valence-electron chi connectivity index (χ2n) is 7.54. The smallest absolute Gasteiger partial charge is 0.321 e. The van der Waals surface area contributed by atoms with Gasteiger partial charge in [-0.25, -0.2) is 9.78 Å². The van der Waals surface area contributed by atoms with Gasteiger partial charge in [-0.15, -0.1) is 11.3 Å². The molecule has 1 N–H and O–H groups in total. The summed E-state index contributed by atoms with van der Waals surface area (Å²) >= 11 is 1.61. The van der Waals surface area contributed by atoms with Crippen LogP contribution in [-0.4, -0.2) is 33.6 Å². The first-order valence-corrected chi connectivity index (χ1v) is 9.42. The molecule has 5 nitrogen and oxygen atoms in total. The minimum atomic E-state index is 0.00280. The van der Waals surface area contributed by atoms with E-state index in [1.165, 1.54) is 5.69 Å². The minimum absolute atomic E-state index is 0.00280. The number of rotatable bonds is 2. The Morgan fingerprint density at radius 1 is 1.38 bits per heavy atom. The van der Waals surface area contributed by atoms with E-state index in [1.807, 2.05) is 29.7 Å². The molecule has 1 unspecified atom stereocenters. The van der Waals surface area contributed by atoms with Gasteiger partial charge in [-0.1, -0.05) is 0 Å². The molecule has 3 rings (SSSR count). The highest BCUT2D eigenvalue weighted by atomic mass is 32.1. The molecule has 130 valence electrons. The summed E-state index contributed by atoms with van der Waals surface area (Å²) in [6.07, 6.45) is 5.99. The summed E-state index contributed by atoms with van der Waals surface area (Å²) in [6.45, 7) is 10.1. The fourth-order valence-corrected chi connectivity index (χ4v) is 4.03. The highest BCUT2D eigenvalue weighted by molar-refractivity contribution is 7.08. The van der Waals surface area contributed by atoms with E-state index >= 15 is 0 Å². The maximum Gasteiger partial charge on any atom is 0.321 e. The summed E-state index contributed by atoms with van der Waals surface area (Å²) in [4.78, 5) is 18.9. The number of urea groups is 1. The first-order chi connectivity index (χ1) is 11.4. The fraction of sp³-hybridized carbons (Fsp3) is 0.556. The molecule has 24 heavy (non-hydrogen) atoms. The van der Waals surface area contributed by atoms with Crippen LogP contribution >= 0.6 is 11.3 Å². The lowest BCUT2D eigenvalue weighted by Crippen LogP contribution is -2.42. The predicted octanol–water partition coefficient (Wildman–Crippen LogP) is 4.42. The van der Waals surface area contributed by atoms with Gasteiger partial charge in [-0.05, 0) is 51.5 Å². The monoisotopic (exact) mass is 346 g/mol. The van der Waals surface area contributed by atoms with E-state index in [4.69, 9.17) is 0 Å². The van der Waals surface area contributed by atoms with Gasteiger partial charge in [0.1, 0.15) is 0 Å². The van der Waals surface area contributed by atoms with E-state index in [-0.39, 0.29) is 11.6 Å². The number of imidazole rings is 1. The van der Waals surface area contributed by atoms with Crippen molar-refractivity contribution in [3.8, 4) is 0 Å². The lowest BCUT2D eigenvalue weighted by Gasteiger charge is -2.35. The molecule has 0 radical (unpaired) electrons. The minimum Gasteiger partial charge on any atom is -0.329 e. The number of hydrogen-bond acceptors (Lipinski definition) is 3. The first kappa shape index (κ1) is 17.0. The number of aromatic nitrogens is 2. The lowest BCUT2D eigenvalue weighted by molar-refractivity contribution is 0.190. The molecule has 2 aromatic heterocycles. The molecule has 0 aromatic carbocycles. The van der Waals surface area contributed by atoms with Gasteiger partial charge >= 0.3 is 6.03 Å². The molecular weight excluding hydrogens is 320 g/mol. The normalized spacial score (nSPS) is 18.7. The Labute approximate surface area is 147 Å². The van der Waals surface area contributed by atoms with E-state index in [0.717, 1.165) is 37.2 Å². The fourth-order valence-electron chi connectivity index (χ4n) is 3.25. The van der Waals surface area contributed by atoms with Crippen molar-refractivity contribution in [2.24, 2.45) is 0 Å². The Balaban J connectivity index is 1.72. The Bertz CT molecular complexity index is 713. The topological polar surface area (TPSA) is 50.2 Å². The number of amides is 2. The first-order valence-electron chi connectivity index (χ1n) is 8.47. The average Bonchev–Trinajstić information content (AvgIpc) is 3.17. The third-order valence-corrected chi connectivity index (χ3v) is 5.48. The summed E-state index contributed by atoms with van der Waals surface area (Å²) in [5, 5.41) is 7.09. The highest BCUT2D eigenvalue weighted by Crippen LogP contribution is 2.30. The standard InChI is InChI=1S/C18H26N4OS/c1-13-10-24-11-15(13)20-17(23)21-7-5-6-14(9-21)16-8-19-12-22(16)18(2,3)4/h8,10-12,14H,5-7,9H2,1-4H3,(H,20,23). The molecule has 1 aliphatic rings. The number of nitrogens with one attached hydrogen (secondary N) is 1. The zero-order valence-corrected chi connectivity index (χ0v) is 15.7. The SMILES string of the molecule is Cc1cscc1NC(=O)N1CCCC(c2cncn2C(C)(C)C)C1. The molecule has 2 amide bonds. The number of hydrogen-bond donors (Lipinski definition) is 1. The molecular formula is C18H26N4OS. The number of carbonyl (C=O) groups is 1. The second kappa shape index (κ2) is 6.59. The Kier molecular flexibility index (Phi) is 4.67. The highest BCUT2D eigenvalue weighted by Gasteiger charge is 2.29. The van der Waals surface area contributed by atoms with Crippen molar-refractivity contribution >= 4 is 23.1 Å².